The average molecular weight is 402 g/mol. The van der Waals surface area contributed by atoms with Gasteiger partial charge >= 0.3 is 5.97 Å². The van der Waals surface area contributed by atoms with Gasteiger partial charge < -0.3 is 14.8 Å². The smallest absolute Gasteiger partial charge is 0.335 e. The zero-order chi connectivity index (χ0) is 20.6. The lowest BCUT2D eigenvalue weighted by Crippen LogP contribution is -2.26. The van der Waals surface area contributed by atoms with Crippen LogP contribution >= 0.6 is 0 Å². The van der Waals surface area contributed by atoms with E-state index in [0.717, 1.165) is 36.4 Å². The molecule has 3 heterocycles. The molecule has 0 saturated heterocycles. The molecule has 0 bridgehead atoms. The number of hydrogen-bond acceptors (Lipinski definition) is 6. The van der Waals surface area contributed by atoms with Gasteiger partial charge in [0.05, 0.1) is 35.7 Å². The van der Waals surface area contributed by atoms with E-state index >= 15 is 0 Å². The Kier molecular flexibility index (Phi) is 7.57. The first kappa shape index (κ1) is 21.2. The summed E-state index contributed by atoms with van der Waals surface area (Å²) in [7, 11) is 0. The van der Waals surface area contributed by atoms with Gasteiger partial charge in [-0.2, -0.15) is 5.10 Å². The number of carbonyl (C=O) groups is 2. The molecule has 0 spiro atoms. The van der Waals surface area contributed by atoms with Crippen LogP contribution in [0.5, 0.6) is 0 Å². The highest BCUT2D eigenvalue weighted by Gasteiger charge is 2.23. The first-order chi connectivity index (χ1) is 14.1. The molecule has 0 radical (unpaired) electrons. The minimum atomic E-state index is -0.309. The number of fused-ring (bicyclic) bond motifs is 1. The number of esters is 1. The van der Waals surface area contributed by atoms with E-state index in [4.69, 9.17) is 9.47 Å². The van der Waals surface area contributed by atoms with E-state index < -0.39 is 0 Å². The number of nitrogens with one attached hydrogen (secondary N) is 1. The Labute approximate surface area is 171 Å². The first-order valence-electron chi connectivity index (χ1n) is 10.4. The van der Waals surface area contributed by atoms with Crippen LogP contribution in [0.1, 0.15) is 54.9 Å². The number of ether oxygens (including phenoxy) is 2. The fourth-order valence-electron chi connectivity index (χ4n) is 3.56. The van der Waals surface area contributed by atoms with Crippen LogP contribution in [0.4, 0.5) is 0 Å². The Bertz CT molecular complexity index is 810. The van der Waals surface area contributed by atoms with E-state index in [2.05, 4.69) is 15.4 Å². The molecule has 0 fully saturated rings. The second-order valence-electron chi connectivity index (χ2n) is 7.29. The predicted molar refractivity (Wildman–Crippen MR) is 109 cm³/mol. The third-order valence-electron chi connectivity index (χ3n) is 5.04. The van der Waals surface area contributed by atoms with Crippen molar-refractivity contribution in [2.75, 3.05) is 32.9 Å². The largest absolute Gasteiger partial charge is 0.462 e. The summed E-state index contributed by atoms with van der Waals surface area (Å²) < 4.78 is 12.9. The number of allylic oxidation sites excluding steroid dienone is 1. The Morgan fingerprint density at radius 1 is 1.34 bits per heavy atom. The van der Waals surface area contributed by atoms with Crippen molar-refractivity contribution in [2.45, 2.75) is 52.5 Å². The van der Waals surface area contributed by atoms with Crippen LogP contribution in [-0.2, 0) is 33.7 Å². The topological polar surface area (TPSA) is 94.8 Å². The molecule has 3 rings (SSSR count). The molecule has 8 nitrogen and oxygen atoms in total. The molecule has 0 unspecified atom stereocenters. The fraction of sp³-hybridized carbons (Fsp3) is 0.619. The van der Waals surface area contributed by atoms with E-state index in [1.54, 1.807) is 6.08 Å². The molecule has 8 heteroatoms. The zero-order valence-electron chi connectivity index (χ0n) is 17.3. The summed E-state index contributed by atoms with van der Waals surface area (Å²) in [6.07, 6.45) is 5.48. The maximum atomic E-state index is 12.7. The van der Waals surface area contributed by atoms with Crippen molar-refractivity contribution in [2.24, 2.45) is 4.99 Å². The van der Waals surface area contributed by atoms with Crippen molar-refractivity contribution in [3.8, 4) is 0 Å². The van der Waals surface area contributed by atoms with Crippen molar-refractivity contribution in [3.63, 3.8) is 0 Å². The molecule has 0 saturated carbocycles. The maximum Gasteiger partial charge on any atom is 0.335 e. The monoisotopic (exact) mass is 402 g/mol. The number of amides is 1. The molecular formula is C21H30N4O4. The highest BCUT2D eigenvalue weighted by Crippen LogP contribution is 2.19. The summed E-state index contributed by atoms with van der Waals surface area (Å²) in [5, 5.41) is 7.66. The molecule has 0 aliphatic carbocycles. The Morgan fingerprint density at radius 3 is 2.93 bits per heavy atom. The zero-order valence-corrected chi connectivity index (χ0v) is 17.3. The van der Waals surface area contributed by atoms with Gasteiger partial charge in [0.25, 0.3) is 5.91 Å². The quantitative estimate of drug-likeness (QED) is 0.579. The van der Waals surface area contributed by atoms with Gasteiger partial charge in [-0.15, -0.1) is 0 Å². The van der Waals surface area contributed by atoms with Gasteiger partial charge in [-0.1, -0.05) is 6.92 Å². The first-order valence-corrected chi connectivity index (χ1v) is 10.4. The second kappa shape index (κ2) is 10.3. The molecule has 1 aromatic rings. The van der Waals surface area contributed by atoms with Crippen LogP contribution in [0.15, 0.2) is 16.6 Å². The molecule has 1 aromatic heterocycles. The summed E-state index contributed by atoms with van der Waals surface area (Å²) in [6, 6.07) is 0. The van der Waals surface area contributed by atoms with Gasteiger partial charge in [0.1, 0.15) is 0 Å². The predicted octanol–water partition coefficient (Wildman–Crippen LogP) is 1.86. The molecule has 1 amide bonds. The van der Waals surface area contributed by atoms with E-state index in [1.807, 2.05) is 18.5 Å². The number of carbonyl (C=O) groups excluding carboxylic acids is 2. The molecule has 29 heavy (non-hydrogen) atoms. The molecule has 2 aliphatic rings. The van der Waals surface area contributed by atoms with Crippen molar-refractivity contribution < 1.29 is 19.1 Å². The highest BCUT2D eigenvalue weighted by atomic mass is 16.5. The third-order valence-corrected chi connectivity index (χ3v) is 5.04. The van der Waals surface area contributed by atoms with Crippen LogP contribution in [-0.4, -0.2) is 60.3 Å². The van der Waals surface area contributed by atoms with Crippen LogP contribution in [0, 0.1) is 0 Å². The highest BCUT2D eigenvalue weighted by molar-refractivity contribution is 6.04. The van der Waals surface area contributed by atoms with Crippen molar-refractivity contribution in [1.29, 1.82) is 0 Å². The summed E-state index contributed by atoms with van der Waals surface area (Å²) in [5.41, 5.74) is 3.91. The lowest BCUT2D eigenvalue weighted by atomic mass is 10.1. The van der Waals surface area contributed by atoms with Crippen LogP contribution < -0.4 is 5.32 Å². The number of hydrogen-bond donors (Lipinski definition) is 1. The van der Waals surface area contributed by atoms with Crippen LogP contribution in [0.2, 0.25) is 0 Å². The van der Waals surface area contributed by atoms with E-state index in [-0.39, 0.29) is 11.9 Å². The molecule has 2 aliphatic heterocycles. The van der Waals surface area contributed by atoms with E-state index in [1.165, 1.54) is 0 Å². The van der Waals surface area contributed by atoms with E-state index in [0.29, 0.717) is 63.4 Å². The number of aliphatic imine (C=N–C) groups is 1. The van der Waals surface area contributed by atoms with Gasteiger partial charge in [-0.3, -0.25) is 14.5 Å². The molecule has 158 valence electrons. The minimum absolute atomic E-state index is 0.0556. The normalized spacial score (nSPS) is 17.7. The number of nitrogens with zero attached hydrogens (tertiary/aromatic N) is 3. The lowest BCUT2D eigenvalue weighted by Gasteiger charge is -2.10. The SMILES string of the molecule is CCc1nn(CCCOC(=O)C2=CC(C)=NC2)c2c1C(=O)NCCCOCCC2. The van der Waals surface area contributed by atoms with Crippen molar-refractivity contribution >= 4 is 17.6 Å². The standard InChI is InChI=1S/C21H30N4O4/c1-3-17-19-18(7-4-10-28-11-5-8-22-20(19)26)25(24-17)9-6-12-29-21(27)16-13-15(2)23-14-16/h13H,3-12,14H2,1-2H3,(H,22,26). The fourth-order valence-corrected chi connectivity index (χ4v) is 3.56. The Balaban J connectivity index is 1.63. The van der Waals surface area contributed by atoms with Crippen molar-refractivity contribution in [3.05, 3.63) is 28.6 Å². The van der Waals surface area contributed by atoms with Crippen LogP contribution in [0.25, 0.3) is 0 Å². The second-order valence-corrected chi connectivity index (χ2v) is 7.29. The third kappa shape index (κ3) is 5.53. The molecule has 1 N–H and O–H groups in total. The molecular weight excluding hydrogens is 372 g/mol. The van der Waals surface area contributed by atoms with Gasteiger partial charge in [0, 0.05) is 38.4 Å². The van der Waals surface area contributed by atoms with Crippen molar-refractivity contribution in [1.82, 2.24) is 15.1 Å². The average Bonchev–Trinajstić information content (AvgIpc) is 3.29. The summed E-state index contributed by atoms with van der Waals surface area (Å²) in [4.78, 5) is 29.0. The van der Waals surface area contributed by atoms with Gasteiger partial charge in [0.2, 0.25) is 0 Å². The number of aromatic nitrogens is 2. The summed E-state index contributed by atoms with van der Waals surface area (Å²) in [5.74, 6) is -0.365. The number of aryl methyl sites for hydroxylation is 2. The summed E-state index contributed by atoms with van der Waals surface area (Å²) in [6.45, 7) is 7.11. The number of rotatable bonds is 6. The Morgan fingerprint density at radius 2 is 2.17 bits per heavy atom. The van der Waals surface area contributed by atoms with Gasteiger partial charge in [-0.25, -0.2) is 4.79 Å². The van der Waals surface area contributed by atoms with E-state index in [9.17, 15) is 9.59 Å². The van der Waals surface area contributed by atoms with Crippen LogP contribution in [0.3, 0.4) is 0 Å². The van der Waals surface area contributed by atoms with Gasteiger partial charge in [0.15, 0.2) is 0 Å². The lowest BCUT2D eigenvalue weighted by molar-refractivity contribution is -0.139. The molecule has 0 atom stereocenters. The summed E-state index contributed by atoms with van der Waals surface area (Å²) >= 11 is 0. The maximum absolute atomic E-state index is 12.7. The Hall–Kier alpha value is -2.48. The molecule has 0 aromatic carbocycles. The van der Waals surface area contributed by atoms with Gasteiger partial charge in [-0.05, 0) is 38.7 Å². The minimum Gasteiger partial charge on any atom is -0.462 e.